The van der Waals surface area contributed by atoms with Gasteiger partial charge in [-0.3, -0.25) is 0 Å². The fraction of sp³-hybridized carbons (Fsp3) is 0.273. The van der Waals surface area contributed by atoms with Gasteiger partial charge in [-0.1, -0.05) is 12.1 Å². The highest BCUT2D eigenvalue weighted by atomic mass is 14.7. The highest BCUT2D eigenvalue weighted by molar-refractivity contribution is 5.88. The predicted octanol–water partition coefficient (Wildman–Crippen LogP) is 3.09. The molecule has 1 heteroatoms. The molecule has 2 rings (SSSR count). The van der Waals surface area contributed by atoms with Crippen LogP contribution in [0.25, 0.3) is 10.9 Å². The molecule has 1 aromatic carbocycles. The number of benzene rings is 1. The molecule has 0 amide bonds. The number of aryl methyl sites for hydroxylation is 3. The van der Waals surface area contributed by atoms with Crippen molar-refractivity contribution >= 4 is 10.9 Å². The first-order chi connectivity index (χ1) is 5.70. The summed E-state index contributed by atoms with van der Waals surface area (Å²) in [4.78, 5) is 3.30. The van der Waals surface area contributed by atoms with Gasteiger partial charge in [-0.15, -0.1) is 0 Å². The van der Waals surface area contributed by atoms with Crippen LogP contribution in [0.1, 0.15) is 16.7 Å². The fourth-order valence-corrected chi connectivity index (χ4v) is 1.76. The van der Waals surface area contributed by atoms with Crippen LogP contribution in [0, 0.1) is 20.8 Å². The Morgan fingerprint density at radius 3 is 2.25 bits per heavy atom. The monoisotopic (exact) mass is 159 g/mol. The lowest BCUT2D eigenvalue weighted by molar-refractivity contribution is 1.39. The van der Waals surface area contributed by atoms with Crippen LogP contribution in [0.2, 0.25) is 0 Å². The third kappa shape index (κ3) is 0.860. The summed E-state index contributed by atoms with van der Waals surface area (Å²) in [7, 11) is 0. The van der Waals surface area contributed by atoms with Gasteiger partial charge in [0, 0.05) is 17.1 Å². The highest BCUT2D eigenvalue weighted by Gasteiger charge is 2.03. The maximum absolute atomic E-state index is 3.30. The van der Waals surface area contributed by atoms with Crippen LogP contribution >= 0.6 is 0 Å². The normalized spacial score (nSPS) is 10.9. The molecule has 0 radical (unpaired) electrons. The Morgan fingerprint density at radius 1 is 0.917 bits per heavy atom. The van der Waals surface area contributed by atoms with Crippen LogP contribution in [-0.4, -0.2) is 4.98 Å². The lowest BCUT2D eigenvalue weighted by Gasteiger charge is -2.00. The Hall–Kier alpha value is -1.24. The first-order valence-corrected chi connectivity index (χ1v) is 4.24. The predicted molar refractivity (Wildman–Crippen MR) is 52.5 cm³/mol. The number of aromatic nitrogens is 1. The minimum atomic E-state index is 1.28. The molecular formula is C11H13N. The van der Waals surface area contributed by atoms with Crippen molar-refractivity contribution in [3.63, 3.8) is 0 Å². The number of H-pyrrole nitrogens is 1. The summed E-state index contributed by atoms with van der Waals surface area (Å²) in [5.74, 6) is 0. The summed E-state index contributed by atoms with van der Waals surface area (Å²) in [6.45, 7) is 6.44. The van der Waals surface area contributed by atoms with Gasteiger partial charge in [0.15, 0.2) is 0 Å². The summed E-state index contributed by atoms with van der Waals surface area (Å²) in [6.07, 6.45) is 2.07. The van der Waals surface area contributed by atoms with Crippen LogP contribution in [0.15, 0.2) is 18.3 Å². The van der Waals surface area contributed by atoms with E-state index in [9.17, 15) is 0 Å². The Bertz CT molecular complexity index is 424. The fourth-order valence-electron chi connectivity index (χ4n) is 1.76. The van der Waals surface area contributed by atoms with E-state index in [0.717, 1.165) is 0 Å². The number of aromatic amines is 1. The molecule has 0 aliphatic rings. The molecule has 0 spiro atoms. The van der Waals surface area contributed by atoms with E-state index in [1.165, 1.54) is 27.6 Å². The van der Waals surface area contributed by atoms with Crippen molar-refractivity contribution in [1.82, 2.24) is 4.98 Å². The van der Waals surface area contributed by atoms with Gasteiger partial charge in [0.05, 0.1) is 0 Å². The quantitative estimate of drug-likeness (QED) is 0.608. The summed E-state index contributed by atoms with van der Waals surface area (Å²) in [5, 5.41) is 1.38. The first-order valence-electron chi connectivity index (χ1n) is 4.24. The number of rotatable bonds is 0. The molecule has 1 nitrogen and oxygen atoms in total. The molecule has 1 heterocycles. The lowest BCUT2D eigenvalue weighted by atomic mass is 10.1. The molecule has 0 fully saturated rings. The number of hydrogen-bond acceptors (Lipinski definition) is 0. The van der Waals surface area contributed by atoms with Crippen molar-refractivity contribution < 1.29 is 0 Å². The average Bonchev–Trinajstić information content (AvgIpc) is 2.42. The lowest BCUT2D eigenvalue weighted by Crippen LogP contribution is -1.80. The van der Waals surface area contributed by atoms with Crippen LogP contribution in [0.4, 0.5) is 0 Å². The zero-order chi connectivity index (χ0) is 8.72. The molecule has 1 N–H and O–H groups in total. The number of hydrogen-bond donors (Lipinski definition) is 1. The molecule has 0 saturated carbocycles. The van der Waals surface area contributed by atoms with Crippen LogP contribution in [0.5, 0.6) is 0 Å². The summed E-state index contributed by atoms with van der Waals surface area (Å²) in [5.41, 5.74) is 5.30. The van der Waals surface area contributed by atoms with Gasteiger partial charge >= 0.3 is 0 Å². The van der Waals surface area contributed by atoms with Gasteiger partial charge in [0.1, 0.15) is 0 Å². The molecule has 2 aromatic rings. The molecular weight excluding hydrogens is 146 g/mol. The van der Waals surface area contributed by atoms with Crippen molar-refractivity contribution in [3.8, 4) is 0 Å². The van der Waals surface area contributed by atoms with Crippen LogP contribution in [0.3, 0.4) is 0 Å². The van der Waals surface area contributed by atoms with Gasteiger partial charge in [0.25, 0.3) is 0 Å². The molecule has 0 aliphatic heterocycles. The van der Waals surface area contributed by atoms with Crippen LogP contribution in [-0.2, 0) is 0 Å². The van der Waals surface area contributed by atoms with Crippen molar-refractivity contribution in [2.24, 2.45) is 0 Å². The van der Waals surface area contributed by atoms with E-state index in [2.05, 4.69) is 44.1 Å². The second-order valence-electron chi connectivity index (χ2n) is 3.42. The first kappa shape index (κ1) is 7.41. The molecule has 12 heavy (non-hydrogen) atoms. The second kappa shape index (κ2) is 2.37. The van der Waals surface area contributed by atoms with E-state index >= 15 is 0 Å². The van der Waals surface area contributed by atoms with Gasteiger partial charge in [-0.25, -0.2) is 0 Å². The number of fused-ring (bicyclic) bond motifs is 1. The minimum Gasteiger partial charge on any atom is -0.361 e. The minimum absolute atomic E-state index is 1.28. The molecule has 0 unspecified atom stereocenters. The van der Waals surface area contributed by atoms with E-state index in [1.54, 1.807) is 0 Å². The smallest absolute Gasteiger partial charge is 0.0489 e. The summed E-state index contributed by atoms with van der Waals surface area (Å²) in [6, 6.07) is 4.34. The van der Waals surface area contributed by atoms with E-state index in [4.69, 9.17) is 0 Å². The van der Waals surface area contributed by atoms with Crippen molar-refractivity contribution in [3.05, 3.63) is 35.0 Å². The molecule has 0 atom stereocenters. The van der Waals surface area contributed by atoms with Crippen molar-refractivity contribution in [1.29, 1.82) is 0 Å². The topological polar surface area (TPSA) is 15.8 Å². The van der Waals surface area contributed by atoms with Crippen molar-refractivity contribution in [2.75, 3.05) is 0 Å². The summed E-state index contributed by atoms with van der Waals surface area (Å²) < 4.78 is 0. The highest BCUT2D eigenvalue weighted by Crippen LogP contribution is 2.23. The average molecular weight is 159 g/mol. The van der Waals surface area contributed by atoms with E-state index < -0.39 is 0 Å². The van der Waals surface area contributed by atoms with Gasteiger partial charge < -0.3 is 4.98 Å². The molecule has 0 saturated heterocycles. The zero-order valence-corrected chi connectivity index (χ0v) is 7.73. The SMILES string of the molecule is Cc1ccc(C)c2c(C)c[nH]c12. The van der Waals surface area contributed by atoms with Gasteiger partial charge in [0.2, 0.25) is 0 Å². The van der Waals surface area contributed by atoms with E-state index in [0.29, 0.717) is 0 Å². The molecule has 0 aliphatic carbocycles. The van der Waals surface area contributed by atoms with E-state index in [1.807, 2.05) is 0 Å². The largest absolute Gasteiger partial charge is 0.361 e. The molecule has 62 valence electrons. The third-order valence-electron chi connectivity index (χ3n) is 2.45. The molecule has 1 aromatic heterocycles. The van der Waals surface area contributed by atoms with Crippen molar-refractivity contribution in [2.45, 2.75) is 20.8 Å². The standard InChI is InChI=1S/C11H13N/c1-7-4-5-8(2)11-10(7)9(3)6-12-11/h4-6,12H,1-3H3. The number of nitrogens with one attached hydrogen (secondary N) is 1. The molecule has 0 bridgehead atoms. The van der Waals surface area contributed by atoms with Gasteiger partial charge in [-0.2, -0.15) is 0 Å². The van der Waals surface area contributed by atoms with E-state index in [-0.39, 0.29) is 0 Å². The van der Waals surface area contributed by atoms with Crippen LogP contribution < -0.4 is 0 Å². The Morgan fingerprint density at radius 2 is 1.58 bits per heavy atom. The van der Waals surface area contributed by atoms with Gasteiger partial charge in [-0.05, 0) is 37.5 Å². The third-order valence-corrected chi connectivity index (χ3v) is 2.45. The zero-order valence-electron chi connectivity index (χ0n) is 7.73. The maximum atomic E-state index is 3.30. The summed E-state index contributed by atoms with van der Waals surface area (Å²) >= 11 is 0. The maximum Gasteiger partial charge on any atom is 0.0489 e. The Kier molecular flexibility index (Phi) is 1.47. The Labute approximate surface area is 72.4 Å². The second-order valence-corrected chi connectivity index (χ2v) is 3.42. The Balaban J connectivity index is 2.98.